The molecule has 0 aromatic heterocycles. The molecular formula is C14H21NO4S. The maximum absolute atomic E-state index is 12.4. The number of sulfonamides is 1. The van der Waals surface area contributed by atoms with E-state index in [1.807, 2.05) is 13.0 Å². The Bertz CT molecular complexity index is 589. The Morgan fingerprint density at radius 2 is 1.75 bits per heavy atom. The van der Waals surface area contributed by atoms with E-state index in [1.165, 1.54) is 19.1 Å². The maximum Gasteiger partial charge on any atom is 0.324 e. The molecule has 1 aromatic rings. The van der Waals surface area contributed by atoms with Crippen molar-refractivity contribution in [2.24, 2.45) is 0 Å². The number of carboxylic acids is 1. The molecule has 5 nitrogen and oxygen atoms in total. The van der Waals surface area contributed by atoms with Gasteiger partial charge in [0, 0.05) is 0 Å². The molecule has 0 amide bonds. The van der Waals surface area contributed by atoms with Crippen LogP contribution in [-0.2, 0) is 14.8 Å². The van der Waals surface area contributed by atoms with Crippen molar-refractivity contribution in [3.8, 4) is 0 Å². The maximum atomic E-state index is 12.4. The van der Waals surface area contributed by atoms with Gasteiger partial charge < -0.3 is 5.11 Å². The summed E-state index contributed by atoms with van der Waals surface area (Å²) in [6, 6.07) is 4.93. The van der Waals surface area contributed by atoms with Gasteiger partial charge in [0.05, 0.1) is 4.90 Å². The number of hydrogen-bond acceptors (Lipinski definition) is 3. The molecule has 0 saturated heterocycles. The van der Waals surface area contributed by atoms with Gasteiger partial charge in [-0.2, -0.15) is 4.72 Å². The summed E-state index contributed by atoms with van der Waals surface area (Å²) in [5.74, 6) is -1.17. The van der Waals surface area contributed by atoms with Crippen molar-refractivity contribution in [1.82, 2.24) is 4.72 Å². The highest BCUT2D eigenvalue weighted by molar-refractivity contribution is 7.89. The van der Waals surface area contributed by atoms with Crippen LogP contribution >= 0.6 is 0 Å². The number of benzene rings is 1. The van der Waals surface area contributed by atoms with Crippen molar-refractivity contribution in [2.45, 2.75) is 51.0 Å². The third kappa shape index (κ3) is 3.80. The van der Waals surface area contributed by atoms with Crippen molar-refractivity contribution in [2.75, 3.05) is 0 Å². The molecule has 112 valence electrons. The number of hydrogen-bond donors (Lipinski definition) is 2. The summed E-state index contributed by atoms with van der Waals surface area (Å²) in [5.41, 5.74) is 0.140. The topological polar surface area (TPSA) is 83.5 Å². The van der Waals surface area contributed by atoms with Crippen molar-refractivity contribution >= 4 is 16.0 Å². The second-order valence-corrected chi connectivity index (χ2v) is 7.00. The molecule has 6 heteroatoms. The Labute approximate surface area is 120 Å². The zero-order valence-corrected chi connectivity index (χ0v) is 13.0. The van der Waals surface area contributed by atoms with Crippen LogP contribution in [0.3, 0.4) is 0 Å². The second-order valence-electron chi connectivity index (χ2n) is 5.32. The molecule has 0 aliphatic carbocycles. The largest absolute Gasteiger partial charge is 0.480 e. The predicted molar refractivity (Wildman–Crippen MR) is 77.2 cm³/mol. The van der Waals surface area contributed by atoms with Gasteiger partial charge in [-0.15, -0.1) is 0 Å². The molecule has 1 aromatic carbocycles. The predicted octanol–water partition coefficient (Wildman–Crippen LogP) is 2.23. The van der Waals surface area contributed by atoms with Gasteiger partial charge in [0.25, 0.3) is 0 Å². The molecule has 1 unspecified atom stereocenters. The van der Waals surface area contributed by atoms with Crippen LogP contribution in [0, 0.1) is 13.8 Å². The molecule has 0 saturated carbocycles. The van der Waals surface area contributed by atoms with Crippen molar-refractivity contribution in [3.63, 3.8) is 0 Å². The van der Waals surface area contributed by atoms with Crippen LogP contribution in [0.2, 0.25) is 0 Å². The summed E-state index contributed by atoms with van der Waals surface area (Å²) < 4.78 is 27.0. The minimum Gasteiger partial charge on any atom is -0.480 e. The first-order chi connectivity index (χ1) is 9.10. The minimum absolute atomic E-state index is 0.0959. The molecule has 0 heterocycles. The molecule has 0 bridgehead atoms. The summed E-state index contributed by atoms with van der Waals surface area (Å²) in [7, 11) is -3.86. The minimum atomic E-state index is -3.86. The number of aliphatic carboxylic acids is 1. The van der Waals surface area contributed by atoms with Gasteiger partial charge in [0.15, 0.2) is 0 Å². The molecule has 2 N–H and O–H groups in total. The second kappa shape index (κ2) is 5.93. The van der Waals surface area contributed by atoms with E-state index in [9.17, 15) is 18.3 Å². The lowest BCUT2D eigenvalue weighted by molar-refractivity contribution is -0.143. The SMILES string of the molecule is CCCC(C)(NS(=O)(=O)c1cc(C)cc(C)c1)C(=O)O. The fourth-order valence-corrected chi connectivity index (χ4v) is 3.73. The molecule has 1 atom stereocenters. The molecular weight excluding hydrogens is 278 g/mol. The van der Waals surface area contributed by atoms with Gasteiger partial charge in [0.2, 0.25) is 10.0 Å². The van der Waals surface area contributed by atoms with Gasteiger partial charge in [-0.1, -0.05) is 19.4 Å². The van der Waals surface area contributed by atoms with E-state index in [0.717, 1.165) is 11.1 Å². The molecule has 0 aliphatic rings. The first-order valence-electron chi connectivity index (χ1n) is 6.46. The van der Waals surface area contributed by atoms with Gasteiger partial charge in [-0.25, -0.2) is 8.42 Å². The molecule has 0 fully saturated rings. The highest BCUT2D eigenvalue weighted by atomic mass is 32.2. The van der Waals surface area contributed by atoms with Gasteiger partial charge in [-0.05, 0) is 50.5 Å². The average Bonchev–Trinajstić information content (AvgIpc) is 2.26. The van der Waals surface area contributed by atoms with Crippen LogP contribution in [0.4, 0.5) is 0 Å². The van der Waals surface area contributed by atoms with Crippen LogP contribution < -0.4 is 4.72 Å². The Hall–Kier alpha value is -1.40. The lowest BCUT2D eigenvalue weighted by Crippen LogP contribution is -2.51. The Morgan fingerprint density at radius 3 is 2.15 bits per heavy atom. The molecule has 0 spiro atoms. The highest BCUT2D eigenvalue weighted by Crippen LogP contribution is 2.20. The van der Waals surface area contributed by atoms with E-state index in [0.29, 0.717) is 6.42 Å². The lowest BCUT2D eigenvalue weighted by atomic mass is 9.98. The normalized spacial score (nSPS) is 14.8. The number of rotatable bonds is 6. The fraction of sp³-hybridized carbons (Fsp3) is 0.500. The summed E-state index contributed by atoms with van der Waals surface area (Å²) in [5, 5.41) is 9.26. The van der Waals surface area contributed by atoms with E-state index in [2.05, 4.69) is 4.72 Å². The van der Waals surface area contributed by atoms with Crippen molar-refractivity contribution in [3.05, 3.63) is 29.3 Å². The Balaban J connectivity index is 3.19. The van der Waals surface area contributed by atoms with E-state index < -0.39 is 21.5 Å². The van der Waals surface area contributed by atoms with Crippen LogP contribution in [-0.4, -0.2) is 25.0 Å². The fourth-order valence-electron chi connectivity index (χ4n) is 2.15. The quantitative estimate of drug-likeness (QED) is 0.843. The third-order valence-electron chi connectivity index (χ3n) is 3.09. The monoisotopic (exact) mass is 299 g/mol. The van der Waals surface area contributed by atoms with E-state index in [1.54, 1.807) is 13.8 Å². The zero-order valence-electron chi connectivity index (χ0n) is 12.2. The van der Waals surface area contributed by atoms with E-state index in [4.69, 9.17) is 0 Å². The molecule has 20 heavy (non-hydrogen) atoms. The zero-order chi connectivity index (χ0) is 15.6. The number of nitrogens with one attached hydrogen (secondary N) is 1. The lowest BCUT2D eigenvalue weighted by Gasteiger charge is -2.25. The molecule has 0 radical (unpaired) electrons. The average molecular weight is 299 g/mol. The van der Waals surface area contributed by atoms with Gasteiger partial charge >= 0.3 is 5.97 Å². The number of carbonyl (C=O) groups is 1. The molecule has 0 aliphatic heterocycles. The first kappa shape index (κ1) is 16.7. The van der Waals surface area contributed by atoms with Crippen molar-refractivity contribution < 1.29 is 18.3 Å². The summed E-state index contributed by atoms with van der Waals surface area (Å²) in [4.78, 5) is 11.4. The van der Waals surface area contributed by atoms with Crippen LogP contribution in [0.5, 0.6) is 0 Å². The number of carboxylic acid groups (broad SMARTS) is 1. The van der Waals surface area contributed by atoms with E-state index >= 15 is 0 Å². The summed E-state index contributed by atoms with van der Waals surface area (Å²) >= 11 is 0. The summed E-state index contributed by atoms with van der Waals surface area (Å²) in [6.45, 7) is 6.80. The van der Waals surface area contributed by atoms with Crippen molar-refractivity contribution in [1.29, 1.82) is 0 Å². The smallest absolute Gasteiger partial charge is 0.324 e. The molecule has 1 rings (SSSR count). The van der Waals surface area contributed by atoms with Crippen LogP contribution in [0.25, 0.3) is 0 Å². The first-order valence-corrected chi connectivity index (χ1v) is 7.95. The number of aryl methyl sites for hydroxylation is 2. The van der Waals surface area contributed by atoms with Gasteiger partial charge in [0.1, 0.15) is 5.54 Å². The standard InChI is InChI=1S/C14H21NO4S/c1-5-6-14(4,13(16)17)15-20(18,19)12-8-10(2)7-11(3)9-12/h7-9,15H,5-6H2,1-4H3,(H,16,17). The van der Waals surface area contributed by atoms with E-state index in [-0.39, 0.29) is 11.3 Å². The Morgan fingerprint density at radius 1 is 1.25 bits per heavy atom. The third-order valence-corrected chi connectivity index (χ3v) is 4.66. The van der Waals surface area contributed by atoms with Gasteiger partial charge in [-0.3, -0.25) is 4.79 Å². The van der Waals surface area contributed by atoms with Crippen LogP contribution in [0.15, 0.2) is 23.1 Å². The highest BCUT2D eigenvalue weighted by Gasteiger charge is 2.37. The summed E-state index contributed by atoms with van der Waals surface area (Å²) in [6.07, 6.45) is 0.796. The van der Waals surface area contributed by atoms with Crippen LogP contribution in [0.1, 0.15) is 37.8 Å². The Kier molecular flexibility index (Phi) is 4.94.